The SMILES string of the molecule is C=CCN(CC=C)C(CC(C)O)C(=O)O. The van der Waals surface area contributed by atoms with Crippen LogP contribution in [0.15, 0.2) is 25.3 Å². The Morgan fingerprint density at radius 1 is 1.40 bits per heavy atom. The first-order valence-electron chi connectivity index (χ1n) is 4.89. The zero-order valence-electron chi connectivity index (χ0n) is 9.09. The van der Waals surface area contributed by atoms with E-state index in [4.69, 9.17) is 5.11 Å². The third kappa shape index (κ3) is 5.34. The minimum Gasteiger partial charge on any atom is -0.480 e. The first-order chi connectivity index (χ1) is 7.02. The Kier molecular flexibility index (Phi) is 6.66. The van der Waals surface area contributed by atoms with Gasteiger partial charge in [0, 0.05) is 13.1 Å². The Morgan fingerprint density at radius 3 is 2.13 bits per heavy atom. The molecule has 86 valence electrons. The largest absolute Gasteiger partial charge is 0.480 e. The molecule has 0 spiro atoms. The molecule has 0 aromatic heterocycles. The summed E-state index contributed by atoms with van der Waals surface area (Å²) < 4.78 is 0. The van der Waals surface area contributed by atoms with E-state index < -0.39 is 18.1 Å². The minimum absolute atomic E-state index is 0.205. The second kappa shape index (κ2) is 7.20. The Labute approximate surface area is 90.5 Å². The molecule has 15 heavy (non-hydrogen) atoms. The number of aliphatic hydroxyl groups excluding tert-OH is 1. The fourth-order valence-corrected chi connectivity index (χ4v) is 1.39. The van der Waals surface area contributed by atoms with Crippen molar-refractivity contribution in [2.75, 3.05) is 13.1 Å². The van der Waals surface area contributed by atoms with Crippen LogP contribution in [-0.2, 0) is 4.79 Å². The van der Waals surface area contributed by atoms with Gasteiger partial charge in [0.2, 0.25) is 0 Å². The Morgan fingerprint density at radius 2 is 1.87 bits per heavy atom. The number of hydrogen-bond donors (Lipinski definition) is 2. The van der Waals surface area contributed by atoms with Crippen LogP contribution in [0.3, 0.4) is 0 Å². The highest BCUT2D eigenvalue weighted by molar-refractivity contribution is 5.73. The topological polar surface area (TPSA) is 60.8 Å². The van der Waals surface area contributed by atoms with Gasteiger partial charge in [-0.3, -0.25) is 9.69 Å². The molecule has 4 heteroatoms. The van der Waals surface area contributed by atoms with Crippen molar-refractivity contribution >= 4 is 5.97 Å². The van der Waals surface area contributed by atoms with Gasteiger partial charge < -0.3 is 10.2 Å². The molecule has 0 rings (SSSR count). The maximum atomic E-state index is 11.0. The predicted molar refractivity (Wildman–Crippen MR) is 59.7 cm³/mol. The lowest BCUT2D eigenvalue weighted by molar-refractivity contribution is -0.144. The maximum Gasteiger partial charge on any atom is 0.321 e. The average molecular weight is 213 g/mol. The van der Waals surface area contributed by atoms with E-state index in [1.54, 1.807) is 24.0 Å². The van der Waals surface area contributed by atoms with E-state index in [2.05, 4.69) is 13.2 Å². The molecule has 2 N–H and O–H groups in total. The van der Waals surface area contributed by atoms with E-state index >= 15 is 0 Å². The number of aliphatic hydroxyl groups is 1. The number of nitrogens with zero attached hydrogens (tertiary/aromatic N) is 1. The quantitative estimate of drug-likeness (QED) is 0.588. The predicted octanol–water partition coefficient (Wildman–Crippen LogP) is 0.884. The molecule has 0 saturated heterocycles. The van der Waals surface area contributed by atoms with Crippen LogP contribution in [0.1, 0.15) is 13.3 Å². The van der Waals surface area contributed by atoms with Crippen LogP contribution in [0.25, 0.3) is 0 Å². The Hall–Kier alpha value is -1.13. The molecule has 0 aliphatic heterocycles. The molecular formula is C11H19NO3. The summed E-state index contributed by atoms with van der Waals surface area (Å²) in [7, 11) is 0. The smallest absolute Gasteiger partial charge is 0.321 e. The van der Waals surface area contributed by atoms with Crippen molar-refractivity contribution in [2.45, 2.75) is 25.5 Å². The summed E-state index contributed by atoms with van der Waals surface area (Å²) in [4.78, 5) is 12.7. The van der Waals surface area contributed by atoms with Crippen LogP contribution >= 0.6 is 0 Å². The first-order valence-corrected chi connectivity index (χ1v) is 4.89. The summed E-state index contributed by atoms with van der Waals surface area (Å²) in [6.45, 7) is 9.66. The number of rotatable bonds is 8. The van der Waals surface area contributed by atoms with E-state index in [0.29, 0.717) is 13.1 Å². The van der Waals surface area contributed by atoms with Crippen molar-refractivity contribution in [3.8, 4) is 0 Å². The van der Waals surface area contributed by atoms with Crippen LogP contribution < -0.4 is 0 Å². The summed E-state index contributed by atoms with van der Waals surface area (Å²) in [5.74, 6) is -0.931. The second-order valence-corrected chi connectivity index (χ2v) is 3.47. The second-order valence-electron chi connectivity index (χ2n) is 3.47. The summed E-state index contributed by atoms with van der Waals surface area (Å²) in [6.07, 6.45) is 2.85. The number of hydrogen-bond acceptors (Lipinski definition) is 3. The maximum absolute atomic E-state index is 11.0. The van der Waals surface area contributed by atoms with Gasteiger partial charge in [0.25, 0.3) is 0 Å². The number of carbonyl (C=O) groups is 1. The molecule has 0 aromatic rings. The zero-order valence-corrected chi connectivity index (χ0v) is 9.09. The normalized spacial score (nSPS) is 14.6. The summed E-state index contributed by atoms with van der Waals surface area (Å²) >= 11 is 0. The fraction of sp³-hybridized carbons (Fsp3) is 0.545. The Bertz CT molecular complexity index is 216. The van der Waals surface area contributed by atoms with Crippen LogP contribution in [0, 0.1) is 0 Å². The molecule has 0 fully saturated rings. The minimum atomic E-state index is -0.931. The van der Waals surface area contributed by atoms with Crippen LogP contribution in [0.2, 0.25) is 0 Å². The lowest BCUT2D eigenvalue weighted by atomic mass is 10.1. The van der Waals surface area contributed by atoms with Crippen LogP contribution in [0.4, 0.5) is 0 Å². The van der Waals surface area contributed by atoms with Gasteiger partial charge in [-0.2, -0.15) is 0 Å². The van der Waals surface area contributed by atoms with Gasteiger partial charge in [-0.15, -0.1) is 13.2 Å². The molecule has 0 aliphatic carbocycles. The lowest BCUT2D eigenvalue weighted by Crippen LogP contribution is -2.43. The van der Waals surface area contributed by atoms with E-state index in [9.17, 15) is 9.90 Å². The number of aliphatic carboxylic acids is 1. The fourth-order valence-electron chi connectivity index (χ4n) is 1.39. The van der Waals surface area contributed by atoms with Crippen molar-refractivity contribution in [1.82, 2.24) is 4.90 Å². The van der Waals surface area contributed by atoms with Crippen LogP contribution in [-0.4, -0.2) is 46.3 Å². The molecule has 0 radical (unpaired) electrons. The van der Waals surface area contributed by atoms with Crippen molar-refractivity contribution < 1.29 is 15.0 Å². The van der Waals surface area contributed by atoms with Crippen molar-refractivity contribution in [3.63, 3.8) is 0 Å². The van der Waals surface area contributed by atoms with Crippen molar-refractivity contribution in [2.24, 2.45) is 0 Å². The molecule has 0 aromatic carbocycles. The van der Waals surface area contributed by atoms with Gasteiger partial charge in [0.05, 0.1) is 6.10 Å². The van der Waals surface area contributed by atoms with Gasteiger partial charge in [0.15, 0.2) is 0 Å². The number of carboxylic acids is 1. The summed E-state index contributed by atoms with van der Waals surface area (Å²) in [5, 5.41) is 18.2. The van der Waals surface area contributed by atoms with E-state index in [-0.39, 0.29) is 6.42 Å². The molecule has 2 unspecified atom stereocenters. The van der Waals surface area contributed by atoms with Gasteiger partial charge in [-0.05, 0) is 13.3 Å². The van der Waals surface area contributed by atoms with Crippen LogP contribution in [0.5, 0.6) is 0 Å². The zero-order chi connectivity index (χ0) is 11.8. The van der Waals surface area contributed by atoms with Gasteiger partial charge >= 0.3 is 5.97 Å². The van der Waals surface area contributed by atoms with E-state index in [1.165, 1.54) is 0 Å². The summed E-state index contributed by atoms with van der Waals surface area (Å²) in [6, 6.07) is -0.694. The standard InChI is InChI=1S/C11H19NO3/c1-4-6-12(7-5-2)10(11(14)15)8-9(3)13/h4-5,9-10,13H,1-2,6-8H2,3H3,(H,14,15). The highest BCUT2D eigenvalue weighted by Crippen LogP contribution is 2.08. The molecule has 4 nitrogen and oxygen atoms in total. The highest BCUT2D eigenvalue weighted by Gasteiger charge is 2.25. The van der Waals surface area contributed by atoms with Gasteiger partial charge in [0.1, 0.15) is 6.04 Å². The molecule has 0 saturated carbocycles. The number of carboxylic acid groups (broad SMARTS) is 1. The van der Waals surface area contributed by atoms with E-state index in [0.717, 1.165) is 0 Å². The first kappa shape index (κ1) is 13.9. The van der Waals surface area contributed by atoms with Gasteiger partial charge in [-0.1, -0.05) is 12.2 Å². The van der Waals surface area contributed by atoms with Gasteiger partial charge in [-0.25, -0.2) is 0 Å². The molecule has 0 heterocycles. The summed E-state index contributed by atoms with van der Waals surface area (Å²) in [5.41, 5.74) is 0. The van der Waals surface area contributed by atoms with Crippen molar-refractivity contribution in [1.29, 1.82) is 0 Å². The Balaban J connectivity index is 4.57. The highest BCUT2D eigenvalue weighted by atomic mass is 16.4. The third-order valence-electron chi connectivity index (χ3n) is 2.02. The van der Waals surface area contributed by atoms with Crippen molar-refractivity contribution in [3.05, 3.63) is 25.3 Å². The average Bonchev–Trinajstić information content (AvgIpc) is 2.13. The third-order valence-corrected chi connectivity index (χ3v) is 2.02. The molecule has 0 bridgehead atoms. The molecule has 2 atom stereocenters. The molecule has 0 aliphatic rings. The molecule has 0 amide bonds. The monoisotopic (exact) mass is 213 g/mol. The lowest BCUT2D eigenvalue weighted by Gasteiger charge is -2.27. The molecular weight excluding hydrogens is 194 g/mol. The van der Waals surface area contributed by atoms with E-state index in [1.807, 2.05) is 0 Å².